The third-order valence-electron chi connectivity index (χ3n) is 2.18. The molecule has 0 spiro atoms. The Bertz CT molecular complexity index is 301. The molecule has 3 nitrogen and oxygen atoms in total. The predicted octanol–water partition coefficient (Wildman–Crippen LogP) is 2.68. The zero-order chi connectivity index (χ0) is 12.0. The van der Waals surface area contributed by atoms with Crippen LogP contribution in [0.15, 0.2) is 17.3 Å². The number of nitrogens with zero attached hydrogens (tertiary/aromatic N) is 2. The van der Waals surface area contributed by atoms with E-state index in [1.807, 2.05) is 29.7 Å². The van der Waals surface area contributed by atoms with E-state index in [0.717, 1.165) is 6.54 Å². The van der Waals surface area contributed by atoms with Gasteiger partial charge in [0.1, 0.15) is 0 Å². The molecule has 0 saturated carbocycles. The van der Waals surface area contributed by atoms with Crippen molar-refractivity contribution in [3.63, 3.8) is 0 Å². The van der Waals surface area contributed by atoms with Crippen molar-refractivity contribution in [1.29, 1.82) is 0 Å². The molecule has 16 heavy (non-hydrogen) atoms. The molecule has 0 fully saturated rings. The molecule has 1 aromatic rings. The number of rotatable bonds is 6. The predicted molar refractivity (Wildman–Crippen MR) is 70.9 cm³/mol. The summed E-state index contributed by atoms with van der Waals surface area (Å²) in [5.41, 5.74) is 0.247. The van der Waals surface area contributed by atoms with Gasteiger partial charge >= 0.3 is 0 Å². The number of unbranched alkanes of at least 4 members (excludes halogenated alkanes) is 1. The lowest BCUT2D eigenvalue weighted by atomic mass is 10.1. The van der Waals surface area contributed by atoms with E-state index in [4.69, 9.17) is 0 Å². The molecule has 0 atom stereocenters. The first kappa shape index (κ1) is 13.6. The Balaban J connectivity index is 2.00. The van der Waals surface area contributed by atoms with Crippen LogP contribution in [-0.4, -0.2) is 27.6 Å². The number of aryl methyl sites for hydroxylation is 1. The number of hydrogen-bond acceptors (Lipinski definition) is 3. The van der Waals surface area contributed by atoms with E-state index in [2.05, 4.69) is 37.4 Å². The second-order valence-electron chi connectivity index (χ2n) is 5.08. The molecule has 92 valence electrons. The van der Waals surface area contributed by atoms with Crippen LogP contribution in [0, 0.1) is 0 Å². The Morgan fingerprint density at radius 3 is 2.69 bits per heavy atom. The first-order chi connectivity index (χ1) is 7.47. The van der Waals surface area contributed by atoms with Gasteiger partial charge in [-0.2, -0.15) is 5.10 Å². The van der Waals surface area contributed by atoms with Crippen molar-refractivity contribution in [2.75, 3.05) is 12.3 Å². The molecule has 0 unspecified atom stereocenters. The Morgan fingerprint density at radius 2 is 2.12 bits per heavy atom. The van der Waals surface area contributed by atoms with E-state index in [-0.39, 0.29) is 5.54 Å². The maximum atomic E-state index is 4.15. The van der Waals surface area contributed by atoms with Gasteiger partial charge in [0.25, 0.3) is 0 Å². The van der Waals surface area contributed by atoms with Crippen LogP contribution in [0.1, 0.15) is 33.6 Å². The monoisotopic (exact) mass is 241 g/mol. The van der Waals surface area contributed by atoms with Crippen LogP contribution < -0.4 is 5.32 Å². The second-order valence-corrected chi connectivity index (χ2v) is 6.25. The first-order valence-corrected chi connectivity index (χ1v) is 6.82. The third kappa shape index (κ3) is 6.18. The standard InChI is InChI=1S/C12H23N3S/c1-12(2,3)13-7-5-6-8-16-11-9-14-15(4)10-11/h9-10,13H,5-8H2,1-4H3. The number of aromatic nitrogens is 2. The molecule has 1 aromatic heterocycles. The number of hydrogen-bond donors (Lipinski definition) is 1. The minimum Gasteiger partial charge on any atom is -0.312 e. The Hall–Kier alpha value is -0.480. The fourth-order valence-electron chi connectivity index (χ4n) is 1.35. The molecule has 0 radical (unpaired) electrons. The fraction of sp³-hybridized carbons (Fsp3) is 0.750. The first-order valence-electron chi connectivity index (χ1n) is 5.84. The Labute approximate surface area is 103 Å². The topological polar surface area (TPSA) is 29.9 Å². The molecule has 1 heterocycles. The van der Waals surface area contributed by atoms with Crippen LogP contribution in [-0.2, 0) is 7.05 Å². The van der Waals surface area contributed by atoms with E-state index in [1.54, 1.807) is 0 Å². The van der Waals surface area contributed by atoms with Crippen LogP contribution in [0.2, 0.25) is 0 Å². The van der Waals surface area contributed by atoms with Crippen LogP contribution in [0.25, 0.3) is 0 Å². The van der Waals surface area contributed by atoms with Crippen molar-refractivity contribution in [2.45, 2.75) is 44.0 Å². The maximum absolute atomic E-state index is 4.15. The summed E-state index contributed by atoms with van der Waals surface area (Å²) in [5, 5.41) is 7.65. The SMILES string of the molecule is Cn1cc(SCCCCNC(C)(C)C)cn1. The van der Waals surface area contributed by atoms with Crippen LogP contribution in [0.3, 0.4) is 0 Å². The van der Waals surface area contributed by atoms with Crippen molar-refractivity contribution in [2.24, 2.45) is 7.05 Å². The van der Waals surface area contributed by atoms with Gasteiger partial charge in [-0.25, -0.2) is 0 Å². The molecular weight excluding hydrogens is 218 g/mol. The largest absolute Gasteiger partial charge is 0.312 e. The van der Waals surface area contributed by atoms with E-state index in [0.29, 0.717) is 0 Å². The van der Waals surface area contributed by atoms with Gasteiger partial charge in [-0.15, -0.1) is 11.8 Å². The molecule has 0 aliphatic heterocycles. The molecule has 0 bridgehead atoms. The van der Waals surface area contributed by atoms with E-state index < -0.39 is 0 Å². The van der Waals surface area contributed by atoms with Crippen LogP contribution >= 0.6 is 11.8 Å². The molecule has 0 aliphatic carbocycles. The molecule has 0 amide bonds. The van der Waals surface area contributed by atoms with E-state index in [9.17, 15) is 0 Å². The molecular formula is C12H23N3S. The van der Waals surface area contributed by atoms with Crippen molar-refractivity contribution in [3.05, 3.63) is 12.4 Å². The zero-order valence-corrected chi connectivity index (χ0v) is 11.6. The lowest BCUT2D eigenvalue weighted by Crippen LogP contribution is -2.36. The van der Waals surface area contributed by atoms with Gasteiger partial charge < -0.3 is 5.32 Å². The lowest BCUT2D eigenvalue weighted by Gasteiger charge is -2.20. The van der Waals surface area contributed by atoms with Crippen molar-refractivity contribution in [1.82, 2.24) is 15.1 Å². The highest BCUT2D eigenvalue weighted by molar-refractivity contribution is 7.99. The van der Waals surface area contributed by atoms with Gasteiger partial charge in [0, 0.05) is 23.7 Å². The Kier molecular flexibility index (Phi) is 5.35. The molecule has 0 aliphatic rings. The van der Waals surface area contributed by atoms with Crippen LogP contribution in [0.4, 0.5) is 0 Å². The minimum atomic E-state index is 0.247. The number of nitrogens with one attached hydrogen (secondary N) is 1. The molecule has 0 aromatic carbocycles. The summed E-state index contributed by atoms with van der Waals surface area (Å²) in [6.45, 7) is 7.73. The van der Waals surface area contributed by atoms with Gasteiger partial charge in [0.15, 0.2) is 0 Å². The smallest absolute Gasteiger partial charge is 0.0625 e. The van der Waals surface area contributed by atoms with Crippen molar-refractivity contribution in [3.8, 4) is 0 Å². The maximum Gasteiger partial charge on any atom is 0.0625 e. The van der Waals surface area contributed by atoms with Gasteiger partial charge in [0.05, 0.1) is 6.20 Å². The van der Waals surface area contributed by atoms with E-state index >= 15 is 0 Å². The highest BCUT2D eigenvalue weighted by Gasteiger charge is 2.06. The summed E-state index contributed by atoms with van der Waals surface area (Å²) in [6, 6.07) is 0. The normalized spacial score (nSPS) is 12.0. The Morgan fingerprint density at radius 1 is 1.38 bits per heavy atom. The summed E-state index contributed by atoms with van der Waals surface area (Å²) < 4.78 is 1.85. The average molecular weight is 241 g/mol. The zero-order valence-electron chi connectivity index (χ0n) is 10.8. The number of thioether (sulfide) groups is 1. The van der Waals surface area contributed by atoms with Crippen molar-refractivity contribution >= 4 is 11.8 Å². The lowest BCUT2D eigenvalue weighted by molar-refractivity contribution is 0.421. The molecule has 1 rings (SSSR count). The summed E-state index contributed by atoms with van der Waals surface area (Å²) in [7, 11) is 1.96. The molecule has 0 saturated heterocycles. The van der Waals surface area contributed by atoms with Gasteiger partial charge in [0.2, 0.25) is 0 Å². The quantitative estimate of drug-likeness (QED) is 0.613. The van der Waals surface area contributed by atoms with Gasteiger partial charge in [-0.05, 0) is 45.9 Å². The highest BCUT2D eigenvalue weighted by atomic mass is 32.2. The van der Waals surface area contributed by atoms with E-state index in [1.165, 1.54) is 23.5 Å². The second kappa shape index (κ2) is 6.30. The summed E-state index contributed by atoms with van der Waals surface area (Å²) in [5.74, 6) is 1.18. The fourth-order valence-corrected chi connectivity index (χ4v) is 2.29. The minimum absolute atomic E-state index is 0.247. The van der Waals surface area contributed by atoms with Gasteiger partial charge in [-0.1, -0.05) is 0 Å². The molecule has 4 heteroatoms. The van der Waals surface area contributed by atoms with Gasteiger partial charge in [-0.3, -0.25) is 4.68 Å². The molecule has 1 N–H and O–H groups in total. The third-order valence-corrected chi connectivity index (χ3v) is 3.21. The summed E-state index contributed by atoms with van der Waals surface area (Å²) in [6.07, 6.45) is 6.49. The summed E-state index contributed by atoms with van der Waals surface area (Å²) >= 11 is 1.89. The summed E-state index contributed by atoms with van der Waals surface area (Å²) in [4.78, 5) is 1.27. The average Bonchev–Trinajstić information content (AvgIpc) is 2.56. The van der Waals surface area contributed by atoms with Crippen molar-refractivity contribution < 1.29 is 0 Å². The highest BCUT2D eigenvalue weighted by Crippen LogP contribution is 2.17. The van der Waals surface area contributed by atoms with Crippen LogP contribution in [0.5, 0.6) is 0 Å².